The van der Waals surface area contributed by atoms with Crippen LogP contribution in [0.5, 0.6) is 0 Å². The van der Waals surface area contributed by atoms with Crippen molar-refractivity contribution in [2.45, 2.75) is 43.0 Å². The van der Waals surface area contributed by atoms with E-state index in [4.69, 9.17) is 11.6 Å². The van der Waals surface area contributed by atoms with Crippen molar-refractivity contribution in [3.8, 4) is 0 Å². The van der Waals surface area contributed by atoms with Crippen LogP contribution < -0.4 is 5.32 Å². The molecule has 0 radical (unpaired) electrons. The lowest BCUT2D eigenvalue weighted by molar-refractivity contribution is 0.103. The lowest BCUT2D eigenvalue weighted by Crippen LogP contribution is -2.38. The van der Waals surface area contributed by atoms with Gasteiger partial charge in [0.2, 0.25) is 10.0 Å². The fraction of sp³-hybridized carbons (Fsp3) is 0.389. The van der Waals surface area contributed by atoms with Gasteiger partial charge in [0.05, 0.1) is 14.1 Å². The fourth-order valence-electron chi connectivity index (χ4n) is 3.15. The molecule has 5 nitrogen and oxygen atoms in total. The van der Waals surface area contributed by atoms with E-state index in [0.717, 1.165) is 25.7 Å². The van der Waals surface area contributed by atoms with Gasteiger partial charge in [-0.15, -0.1) is 11.3 Å². The van der Waals surface area contributed by atoms with E-state index in [1.54, 1.807) is 31.3 Å². The Hall–Kier alpha value is -1.41. The van der Waals surface area contributed by atoms with Crippen LogP contribution in [0.25, 0.3) is 0 Å². The van der Waals surface area contributed by atoms with Gasteiger partial charge in [0.15, 0.2) is 0 Å². The maximum absolute atomic E-state index is 12.8. The molecule has 0 atom stereocenters. The summed E-state index contributed by atoms with van der Waals surface area (Å²) >= 11 is 7.03. The third-order valence-electron chi connectivity index (χ3n) is 4.68. The number of carbonyl (C=O) groups is 1. The predicted octanol–water partition coefficient (Wildman–Crippen LogP) is 4.61. The predicted molar refractivity (Wildman–Crippen MR) is 106 cm³/mol. The van der Waals surface area contributed by atoms with E-state index in [2.05, 4.69) is 5.32 Å². The summed E-state index contributed by atoms with van der Waals surface area (Å²) in [5.41, 5.74) is 0.541. The number of sulfonamides is 1. The number of carbonyl (C=O) groups excluding carboxylic acids is 1. The average molecular weight is 413 g/mol. The van der Waals surface area contributed by atoms with E-state index in [9.17, 15) is 13.2 Å². The molecule has 140 valence electrons. The SMILES string of the molecule is CN(C1CCCCC1)S(=O)(=O)c1ccc(NC(=O)c2ccc(Cl)s2)cc1. The van der Waals surface area contributed by atoms with Crippen LogP contribution in [0.4, 0.5) is 5.69 Å². The number of nitrogens with zero attached hydrogens (tertiary/aromatic N) is 1. The summed E-state index contributed by atoms with van der Waals surface area (Å²) in [7, 11) is -1.87. The minimum Gasteiger partial charge on any atom is -0.321 e. The van der Waals surface area contributed by atoms with Gasteiger partial charge < -0.3 is 5.32 Å². The van der Waals surface area contributed by atoms with Crippen molar-refractivity contribution >= 4 is 44.6 Å². The molecule has 1 N–H and O–H groups in total. The van der Waals surface area contributed by atoms with Gasteiger partial charge in [0.25, 0.3) is 5.91 Å². The summed E-state index contributed by atoms with van der Waals surface area (Å²) in [4.78, 5) is 12.9. The maximum atomic E-state index is 12.8. The molecule has 26 heavy (non-hydrogen) atoms. The van der Waals surface area contributed by atoms with Gasteiger partial charge in [-0.25, -0.2) is 8.42 Å². The average Bonchev–Trinajstić information content (AvgIpc) is 3.09. The molecule has 2 aromatic rings. The van der Waals surface area contributed by atoms with Gasteiger partial charge in [-0.1, -0.05) is 30.9 Å². The van der Waals surface area contributed by atoms with Gasteiger partial charge in [-0.2, -0.15) is 4.31 Å². The van der Waals surface area contributed by atoms with Gasteiger partial charge in [-0.05, 0) is 49.2 Å². The molecule has 1 fully saturated rings. The van der Waals surface area contributed by atoms with Gasteiger partial charge in [-0.3, -0.25) is 4.79 Å². The summed E-state index contributed by atoms with van der Waals surface area (Å²) in [6.07, 6.45) is 5.14. The summed E-state index contributed by atoms with van der Waals surface area (Å²) in [5, 5.41) is 2.75. The number of thiophene rings is 1. The molecule has 1 aromatic carbocycles. The molecule has 0 spiro atoms. The molecular formula is C18H21ClN2O3S2. The lowest BCUT2D eigenvalue weighted by atomic mass is 9.96. The second kappa shape index (κ2) is 8.08. The van der Waals surface area contributed by atoms with Crippen molar-refractivity contribution in [1.29, 1.82) is 0 Å². The van der Waals surface area contributed by atoms with Crippen LogP contribution in [0.15, 0.2) is 41.3 Å². The number of hydrogen-bond acceptors (Lipinski definition) is 4. The molecule has 1 saturated carbocycles. The van der Waals surface area contributed by atoms with Crippen LogP contribution in [0.1, 0.15) is 41.8 Å². The molecule has 0 bridgehead atoms. The monoisotopic (exact) mass is 412 g/mol. The topological polar surface area (TPSA) is 66.5 Å². The molecule has 1 aliphatic rings. The standard InChI is InChI=1S/C18H21ClN2O3S2/c1-21(14-5-3-2-4-6-14)26(23,24)15-9-7-13(8-10-15)20-18(22)16-11-12-17(19)25-16/h7-12,14H,2-6H2,1H3,(H,20,22). The zero-order chi connectivity index (χ0) is 18.7. The fourth-order valence-corrected chi connectivity index (χ4v) is 5.50. The minimum atomic E-state index is -3.53. The Kier molecular flexibility index (Phi) is 6.02. The number of halogens is 1. The van der Waals surface area contributed by atoms with E-state index < -0.39 is 10.0 Å². The first-order valence-electron chi connectivity index (χ1n) is 8.53. The number of anilines is 1. The third-order valence-corrected chi connectivity index (χ3v) is 7.83. The normalized spacial score (nSPS) is 16.0. The second-order valence-corrected chi connectivity index (χ2v) is 10.1. The Morgan fingerprint density at radius 1 is 1.12 bits per heavy atom. The molecule has 3 rings (SSSR count). The van der Waals surface area contributed by atoms with Crippen molar-refractivity contribution < 1.29 is 13.2 Å². The number of nitrogens with one attached hydrogen (secondary N) is 1. The molecule has 1 amide bonds. The Labute approximate surface area is 163 Å². The van der Waals surface area contributed by atoms with Crippen molar-refractivity contribution in [3.63, 3.8) is 0 Å². The van der Waals surface area contributed by atoms with Crippen molar-refractivity contribution in [1.82, 2.24) is 4.31 Å². The smallest absolute Gasteiger partial charge is 0.265 e. The highest BCUT2D eigenvalue weighted by atomic mass is 35.5. The third kappa shape index (κ3) is 4.28. The van der Waals surface area contributed by atoms with E-state index in [0.29, 0.717) is 14.9 Å². The van der Waals surface area contributed by atoms with E-state index >= 15 is 0 Å². The molecular weight excluding hydrogens is 392 g/mol. The van der Waals surface area contributed by atoms with Crippen molar-refractivity contribution in [2.75, 3.05) is 12.4 Å². The van der Waals surface area contributed by atoms with Crippen LogP contribution >= 0.6 is 22.9 Å². The van der Waals surface area contributed by atoms with Crippen molar-refractivity contribution in [3.05, 3.63) is 45.6 Å². The zero-order valence-electron chi connectivity index (χ0n) is 14.4. The Morgan fingerprint density at radius 3 is 2.35 bits per heavy atom. The minimum absolute atomic E-state index is 0.0664. The second-order valence-electron chi connectivity index (χ2n) is 6.40. The number of benzene rings is 1. The van der Waals surface area contributed by atoms with Crippen LogP contribution in [0, 0.1) is 0 Å². The first-order chi connectivity index (χ1) is 12.4. The Bertz CT molecular complexity index is 872. The molecule has 0 unspecified atom stereocenters. The highest BCUT2D eigenvalue weighted by molar-refractivity contribution is 7.89. The van der Waals surface area contributed by atoms with Gasteiger partial charge >= 0.3 is 0 Å². The molecule has 1 heterocycles. The first-order valence-corrected chi connectivity index (χ1v) is 11.2. The largest absolute Gasteiger partial charge is 0.321 e. The zero-order valence-corrected chi connectivity index (χ0v) is 16.8. The van der Waals surface area contributed by atoms with Crippen LogP contribution in [0.3, 0.4) is 0 Å². The maximum Gasteiger partial charge on any atom is 0.265 e. The van der Waals surface area contributed by atoms with Crippen molar-refractivity contribution in [2.24, 2.45) is 0 Å². The van der Waals surface area contributed by atoms with Gasteiger partial charge in [0, 0.05) is 18.8 Å². The van der Waals surface area contributed by atoms with E-state index in [1.165, 1.54) is 34.2 Å². The number of amides is 1. The highest BCUT2D eigenvalue weighted by Crippen LogP contribution is 2.27. The highest BCUT2D eigenvalue weighted by Gasteiger charge is 2.28. The van der Waals surface area contributed by atoms with Crippen LogP contribution in [-0.2, 0) is 10.0 Å². The lowest BCUT2D eigenvalue weighted by Gasteiger charge is -2.30. The number of hydrogen-bond donors (Lipinski definition) is 1. The molecule has 8 heteroatoms. The summed E-state index contributed by atoms with van der Waals surface area (Å²) in [6, 6.07) is 9.66. The van der Waals surface area contributed by atoms with E-state index in [1.807, 2.05) is 0 Å². The van der Waals surface area contributed by atoms with Gasteiger partial charge in [0.1, 0.15) is 0 Å². The Morgan fingerprint density at radius 2 is 1.77 bits per heavy atom. The molecule has 1 aliphatic carbocycles. The summed E-state index contributed by atoms with van der Waals surface area (Å²) in [5.74, 6) is -0.267. The van der Waals surface area contributed by atoms with E-state index in [-0.39, 0.29) is 16.8 Å². The molecule has 0 saturated heterocycles. The number of rotatable bonds is 5. The summed E-state index contributed by atoms with van der Waals surface area (Å²) in [6.45, 7) is 0. The molecule has 1 aromatic heterocycles. The first kappa shape index (κ1) is 19.4. The summed E-state index contributed by atoms with van der Waals surface area (Å²) < 4.78 is 27.7. The van der Waals surface area contributed by atoms with Crippen LogP contribution in [0.2, 0.25) is 4.34 Å². The Balaban J connectivity index is 1.70. The molecule has 0 aliphatic heterocycles. The quantitative estimate of drug-likeness (QED) is 0.779. The van der Waals surface area contributed by atoms with Crippen LogP contribution in [-0.4, -0.2) is 31.7 Å².